The van der Waals surface area contributed by atoms with Crippen LogP contribution in [0.4, 0.5) is 10.1 Å². The van der Waals surface area contributed by atoms with Crippen LogP contribution in [0.5, 0.6) is 0 Å². The second kappa shape index (κ2) is 3.41. The zero-order valence-corrected chi connectivity index (χ0v) is 8.44. The highest BCUT2D eigenvalue weighted by Gasteiger charge is 2.41. The van der Waals surface area contributed by atoms with Gasteiger partial charge < -0.3 is 11.1 Å². The van der Waals surface area contributed by atoms with Gasteiger partial charge in [0.05, 0.1) is 0 Å². The number of anilines is 1. The summed E-state index contributed by atoms with van der Waals surface area (Å²) in [7, 11) is 0. The van der Waals surface area contributed by atoms with Gasteiger partial charge in [0.2, 0.25) is 0 Å². The number of hydrogen-bond donors (Lipinski definition) is 2. The highest BCUT2D eigenvalue weighted by Crippen LogP contribution is 2.38. The SMILES string of the molecule is NCC1(Nc2cc(F)cc(Cl)c2)CC1. The Morgan fingerprint density at radius 2 is 2.14 bits per heavy atom. The van der Waals surface area contributed by atoms with Gasteiger partial charge in [0, 0.05) is 22.8 Å². The van der Waals surface area contributed by atoms with Gasteiger partial charge in [0.25, 0.3) is 0 Å². The second-order valence-corrected chi connectivity index (χ2v) is 4.20. The first-order valence-electron chi connectivity index (χ1n) is 4.58. The van der Waals surface area contributed by atoms with Crippen molar-refractivity contribution in [3.63, 3.8) is 0 Å². The molecule has 2 rings (SSSR count). The smallest absolute Gasteiger partial charge is 0.126 e. The number of nitrogens with two attached hydrogens (primary N) is 1. The van der Waals surface area contributed by atoms with Crippen molar-refractivity contribution in [1.29, 1.82) is 0 Å². The third-order valence-corrected chi connectivity index (χ3v) is 2.73. The van der Waals surface area contributed by atoms with Crippen LogP contribution in [0.25, 0.3) is 0 Å². The van der Waals surface area contributed by atoms with E-state index in [1.807, 2.05) is 0 Å². The fourth-order valence-corrected chi connectivity index (χ4v) is 1.69. The predicted octanol–water partition coefficient (Wildman–Crippen LogP) is 2.38. The first-order valence-corrected chi connectivity index (χ1v) is 4.96. The van der Waals surface area contributed by atoms with Crippen LogP contribution in [0.2, 0.25) is 5.02 Å². The normalized spacial score (nSPS) is 17.9. The Hall–Kier alpha value is -0.800. The van der Waals surface area contributed by atoms with Crippen LogP contribution in [0, 0.1) is 5.82 Å². The molecule has 76 valence electrons. The Morgan fingerprint density at radius 1 is 1.43 bits per heavy atom. The molecule has 1 fully saturated rings. The molecule has 0 spiro atoms. The summed E-state index contributed by atoms with van der Waals surface area (Å²) in [6, 6.07) is 4.43. The van der Waals surface area contributed by atoms with E-state index in [1.54, 1.807) is 6.07 Å². The Balaban J connectivity index is 2.16. The summed E-state index contributed by atoms with van der Waals surface area (Å²) in [4.78, 5) is 0. The van der Waals surface area contributed by atoms with E-state index in [4.69, 9.17) is 17.3 Å². The van der Waals surface area contributed by atoms with Crippen molar-refractivity contribution in [3.8, 4) is 0 Å². The maximum Gasteiger partial charge on any atom is 0.126 e. The van der Waals surface area contributed by atoms with E-state index >= 15 is 0 Å². The molecule has 1 aliphatic carbocycles. The van der Waals surface area contributed by atoms with Gasteiger partial charge in [0.15, 0.2) is 0 Å². The topological polar surface area (TPSA) is 38.0 Å². The highest BCUT2D eigenvalue weighted by atomic mass is 35.5. The molecule has 4 heteroatoms. The quantitative estimate of drug-likeness (QED) is 0.811. The van der Waals surface area contributed by atoms with Crippen LogP contribution in [-0.2, 0) is 0 Å². The third kappa shape index (κ3) is 1.99. The Kier molecular flexibility index (Phi) is 2.37. The van der Waals surface area contributed by atoms with Crippen LogP contribution in [0.15, 0.2) is 18.2 Å². The summed E-state index contributed by atoms with van der Waals surface area (Å²) >= 11 is 5.73. The third-order valence-electron chi connectivity index (χ3n) is 2.52. The van der Waals surface area contributed by atoms with Gasteiger partial charge in [-0.05, 0) is 31.0 Å². The summed E-state index contributed by atoms with van der Waals surface area (Å²) in [5.41, 5.74) is 6.29. The molecule has 0 bridgehead atoms. The molecular weight excluding hydrogens is 203 g/mol. The average molecular weight is 215 g/mol. The number of rotatable bonds is 3. The summed E-state index contributed by atoms with van der Waals surface area (Å²) < 4.78 is 13.0. The molecule has 1 saturated carbocycles. The van der Waals surface area contributed by atoms with Crippen LogP contribution in [0.3, 0.4) is 0 Å². The lowest BCUT2D eigenvalue weighted by Crippen LogP contribution is -2.30. The highest BCUT2D eigenvalue weighted by molar-refractivity contribution is 6.30. The Morgan fingerprint density at radius 3 is 2.64 bits per heavy atom. The largest absolute Gasteiger partial charge is 0.378 e. The lowest BCUT2D eigenvalue weighted by atomic mass is 10.2. The minimum atomic E-state index is -0.326. The van der Waals surface area contributed by atoms with E-state index in [0.29, 0.717) is 17.3 Å². The van der Waals surface area contributed by atoms with Crippen molar-refractivity contribution in [2.75, 3.05) is 11.9 Å². The molecule has 2 nitrogen and oxygen atoms in total. The first-order chi connectivity index (χ1) is 6.63. The maximum atomic E-state index is 13.0. The summed E-state index contributed by atoms with van der Waals surface area (Å²) in [5.74, 6) is -0.326. The minimum Gasteiger partial charge on any atom is -0.378 e. The molecular formula is C10H12ClFN2. The lowest BCUT2D eigenvalue weighted by molar-refractivity contribution is 0.627. The minimum absolute atomic E-state index is 0.0167. The van der Waals surface area contributed by atoms with E-state index in [1.165, 1.54) is 12.1 Å². The molecule has 0 radical (unpaired) electrons. The van der Waals surface area contributed by atoms with Crippen molar-refractivity contribution >= 4 is 17.3 Å². The number of halogens is 2. The summed E-state index contributed by atoms with van der Waals surface area (Å²) in [6.45, 7) is 0.571. The predicted molar refractivity (Wildman–Crippen MR) is 56.1 cm³/mol. The van der Waals surface area contributed by atoms with Crippen molar-refractivity contribution in [1.82, 2.24) is 0 Å². The molecule has 1 aromatic rings. The van der Waals surface area contributed by atoms with E-state index in [9.17, 15) is 4.39 Å². The number of benzene rings is 1. The standard InChI is InChI=1S/C10H12ClFN2/c11-7-3-8(12)5-9(4-7)14-10(6-13)1-2-10/h3-5,14H,1-2,6,13H2. The molecule has 3 N–H and O–H groups in total. The zero-order valence-electron chi connectivity index (χ0n) is 7.69. The van der Waals surface area contributed by atoms with Gasteiger partial charge in [-0.3, -0.25) is 0 Å². The fourth-order valence-electron chi connectivity index (χ4n) is 1.46. The molecule has 0 saturated heterocycles. The maximum absolute atomic E-state index is 13.0. The van der Waals surface area contributed by atoms with Crippen LogP contribution < -0.4 is 11.1 Å². The number of hydrogen-bond acceptors (Lipinski definition) is 2. The van der Waals surface area contributed by atoms with Gasteiger partial charge in [-0.2, -0.15) is 0 Å². The molecule has 1 aliphatic rings. The van der Waals surface area contributed by atoms with Gasteiger partial charge in [-0.25, -0.2) is 4.39 Å². The molecule has 14 heavy (non-hydrogen) atoms. The molecule has 0 unspecified atom stereocenters. The zero-order chi connectivity index (χ0) is 10.2. The summed E-state index contributed by atoms with van der Waals surface area (Å²) in [5, 5.41) is 3.61. The van der Waals surface area contributed by atoms with Gasteiger partial charge in [-0.1, -0.05) is 11.6 Å². The van der Waals surface area contributed by atoms with Crippen LogP contribution in [0.1, 0.15) is 12.8 Å². The molecule has 0 atom stereocenters. The van der Waals surface area contributed by atoms with E-state index in [2.05, 4.69) is 5.32 Å². The Bertz CT molecular complexity index is 330. The van der Waals surface area contributed by atoms with Crippen LogP contribution in [-0.4, -0.2) is 12.1 Å². The van der Waals surface area contributed by atoms with Crippen LogP contribution >= 0.6 is 11.6 Å². The molecule has 1 aromatic carbocycles. The van der Waals surface area contributed by atoms with Gasteiger partial charge in [-0.15, -0.1) is 0 Å². The van der Waals surface area contributed by atoms with Gasteiger partial charge in [0.1, 0.15) is 5.82 Å². The molecule has 0 aromatic heterocycles. The molecule has 0 aliphatic heterocycles. The summed E-state index contributed by atoms with van der Waals surface area (Å²) in [6.07, 6.45) is 2.08. The van der Waals surface area contributed by atoms with Crippen molar-refractivity contribution in [2.45, 2.75) is 18.4 Å². The van der Waals surface area contributed by atoms with Crippen molar-refractivity contribution in [2.24, 2.45) is 5.73 Å². The average Bonchev–Trinajstić information content (AvgIpc) is 2.83. The Labute approximate surface area is 87.2 Å². The first kappa shape index (κ1) is 9.74. The monoisotopic (exact) mass is 214 g/mol. The lowest BCUT2D eigenvalue weighted by Gasteiger charge is -2.16. The van der Waals surface area contributed by atoms with Crippen molar-refractivity contribution < 1.29 is 4.39 Å². The second-order valence-electron chi connectivity index (χ2n) is 3.77. The van der Waals surface area contributed by atoms with E-state index in [-0.39, 0.29) is 11.4 Å². The van der Waals surface area contributed by atoms with E-state index < -0.39 is 0 Å². The van der Waals surface area contributed by atoms with Crippen molar-refractivity contribution in [3.05, 3.63) is 29.0 Å². The van der Waals surface area contributed by atoms with Gasteiger partial charge >= 0.3 is 0 Å². The molecule has 0 amide bonds. The number of nitrogens with one attached hydrogen (secondary N) is 1. The fraction of sp³-hybridized carbons (Fsp3) is 0.400. The van der Waals surface area contributed by atoms with E-state index in [0.717, 1.165) is 12.8 Å². The molecule has 0 heterocycles.